The summed E-state index contributed by atoms with van der Waals surface area (Å²) in [7, 11) is 0. The third kappa shape index (κ3) is 4.52. The van der Waals surface area contributed by atoms with Gasteiger partial charge in [-0.15, -0.1) is 0 Å². The van der Waals surface area contributed by atoms with Gasteiger partial charge in [-0.1, -0.05) is 24.6 Å². The molecule has 26 heavy (non-hydrogen) atoms. The number of hydrogen-bond acceptors (Lipinski definition) is 5. The van der Waals surface area contributed by atoms with Crippen molar-refractivity contribution in [3.05, 3.63) is 42.6 Å². The van der Waals surface area contributed by atoms with Crippen LogP contribution >= 0.6 is 0 Å². The van der Waals surface area contributed by atoms with Gasteiger partial charge in [-0.2, -0.15) is 4.98 Å². The highest BCUT2D eigenvalue weighted by molar-refractivity contribution is 5.32. The van der Waals surface area contributed by atoms with E-state index in [0.29, 0.717) is 17.9 Å². The minimum absolute atomic E-state index is 0.461. The maximum atomic E-state index is 5.81. The number of benzene rings is 1. The smallest absolute Gasteiger partial charge is 0.226 e. The molecular weight excluding hydrogens is 324 g/mol. The number of piperidine rings is 1. The van der Waals surface area contributed by atoms with Crippen molar-refractivity contribution in [2.75, 3.05) is 18.4 Å². The molecule has 2 fully saturated rings. The van der Waals surface area contributed by atoms with E-state index in [-0.39, 0.29) is 0 Å². The number of anilines is 1. The van der Waals surface area contributed by atoms with E-state index in [2.05, 4.69) is 20.2 Å². The van der Waals surface area contributed by atoms with Gasteiger partial charge in [0.25, 0.3) is 0 Å². The Morgan fingerprint density at radius 2 is 1.69 bits per heavy atom. The van der Waals surface area contributed by atoms with Crippen LogP contribution in [-0.2, 0) is 0 Å². The van der Waals surface area contributed by atoms with E-state index in [9.17, 15) is 0 Å². The molecular formula is C21H28N4O. The van der Waals surface area contributed by atoms with Crippen molar-refractivity contribution >= 4 is 5.95 Å². The van der Waals surface area contributed by atoms with Crippen molar-refractivity contribution in [3.63, 3.8) is 0 Å². The molecule has 0 unspecified atom stereocenters. The van der Waals surface area contributed by atoms with Crippen molar-refractivity contribution in [1.29, 1.82) is 0 Å². The first-order valence-corrected chi connectivity index (χ1v) is 9.93. The van der Waals surface area contributed by atoms with Crippen LogP contribution in [0.2, 0.25) is 0 Å². The minimum Gasteiger partial charge on any atom is -0.439 e. The Balaban J connectivity index is 1.30. The predicted molar refractivity (Wildman–Crippen MR) is 104 cm³/mol. The molecule has 5 heteroatoms. The van der Waals surface area contributed by atoms with Crippen molar-refractivity contribution in [2.24, 2.45) is 0 Å². The third-order valence-corrected chi connectivity index (χ3v) is 5.53. The number of hydrogen-bond donors (Lipinski definition) is 1. The second-order valence-electron chi connectivity index (χ2n) is 7.38. The van der Waals surface area contributed by atoms with Crippen LogP contribution in [0, 0.1) is 0 Å². The molecule has 1 N–H and O–H groups in total. The first-order valence-electron chi connectivity index (χ1n) is 9.93. The Morgan fingerprint density at radius 3 is 2.46 bits per heavy atom. The molecule has 0 bridgehead atoms. The molecule has 2 aromatic rings. The van der Waals surface area contributed by atoms with Crippen molar-refractivity contribution < 1.29 is 4.74 Å². The van der Waals surface area contributed by atoms with Crippen molar-refractivity contribution in [1.82, 2.24) is 14.9 Å². The van der Waals surface area contributed by atoms with Crippen LogP contribution in [0.25, 0.3) is 0 Å². The summed E-state index contributed by atoms with van der Waals surface area (Å²) < 4.78 is 5.81. The van der Waals surface area contributed by atoms with E-state index >= 15 is 0 Å². The minimum atomic E-state index is 0.461. The van der Waals surface area contributed by atoms with Gasteiger partial charge in [-0.3, -0.25) is 0 Å². The van der Waals surface area contributed by atoms with Gasteiger partial charge in [-0.25, -0.2) is 4.98 Å². The largest absolute Gasteiger partial charge is 0.439 e. The fraction of sp³-hybridized carbons (Fsp3) is 0.524. The van der Waals surface area contributed by atoms with Gasteiger partial charge in [0.1, 0.15) is 5.75 Å². The van der Waals surface area contributed by atoms with Crippen LogP contribution < -0.4 is 10.1 Å². The molecule has 2 heterocycles. The van der Waals surface area contributed by atoms with E-state index < -0.39 is 0 Å². The molecule has 1 aliphatic carbocycles. The van der Waals surface area contributed by atoms with E-state index in [4.69, 9.17) is 4.74 Å². The summed E-state index contributed by atoms with van der Waals surface area (Å²) in [6, 6.07) is 12.8. The number of rotatable bonds is 5. The fourth-order valence-electron chi connectivity index (χ4n) is 4.13. The quantitative estimate of drug-likeness (QED) is 0.860. The maximum Gasteiger partial charge on any atom is 0.226 e. The Bertz CT molecular complexity index is 679. The average Bonchev–Trinajstić information content (AvgIpc) is 2.70. The monoisotopic (exact) mass is 352 g/mol. The molecule has 1 saturated heterocycles. The number of para-hydroxylation sites is 1. The SMILES string of the molecule is c1ccc(Oc2ccnc(NC3CCC(N4CCCCC4)CC3)n2)cc1. The lowest BCUT2D eigenvalue weighted by atomic mass is 9.89. The predicted octanol–water partition coefficient (Wildman–Crippen LogP) is 4.48. The lowest BCUT2D eigenvalue weighted by Crippen LogP contribution is -2.43. The summed E-state index contributed by atoms with van der Waals surface area (Å²) in [5, 5.41) is 3.51. The van der Waals surface area contributed by atoms with Crippen LogP contribution in [0.1, 0.15) is 44.9 Å². The number of likely N-dealkylation sites (tertiary alicyclic amines) is 1. The van der Waals surface area contributed by atoms with Crippen molar-refractivity contribution in [3.8, 4) is 11.6 Å². The molecule has 138 valence electrons. The maximum absolute atomic E-state index is 5.81. The highest BCUT2D eigenvalue weighted by Gasteiger charge is 2.26. The number of nitrogens with zero attached hydrogens (tertiary/aromatic N) is 3. The molecule has 0 amide bonds. The van der Waals surface area contributed by atoms with E-state index in [1.807, 2.05) is 30.3 Å². The van der Waals surface area contributed by atoms with Gasteiger partial charge < -0.3 is 15.0 Å². The zero-order valence-electron chi connectivity index (χ0n) is 15.3. The van der Waals surface area contributed by atoms with Crippen LogP contribution in [0.15, 0.2) is 42.6 Å². The molecule has 1 aromatic carbocycles. The molecule has 1 aromatic heterocycles. The Hall–Kier alpha value is -2.14. The Labute approximate surface area is 155 Å². The lowest BCUT2D eigenvalue weighted by molar-refractivity contribution is 0.127. The van der Waals surface area contributed by atoms with Gasteiger partial charge in [0, 0.05) is 24.3 Å². The van der Waals surface area contributed by atoms with E-state index in [1.54, 1.807) is 12.3 Å². The second kappa shape index (κ2) is 8.49. The molecule has 1 saturated carbocycles. The Kier molecular flexibility index (Phi) is 5.65. The first kappa shape index (κ1) is 17.3. The van der Waals surface area contributed by atoms with Crippen LogP contribution in [-0.4, -0.2) is 40.0 Å². The molecule has 0 spiro atoms. The van der Waals surface area contributed by atoms with Crippen LogP contribution in [0.4, 0.5) is 5.95 Å². The fourth-order valence-corrected chi connectivity index (χ4v) is 4.13. The number of ether oxygens (including phenoxy) is 1. The summed E-state index contributed by atoms with van der Waals surface area (Å²) in [6.07, 6.45) is 10.8. The lowest BCUT2D eigenvalue weighted by Gasteiger charge is -2.39. The number of aromatic nitrogens is 2. The van der Waals surface area contributed by atoms with Gasteiger partial charge in [0.05, 0.1) is 0 Å². The highest BCUT2D eigenvalue weighted by Crippen LogP contribution is 2.27. The van der Waals surface area contributed by atoms with E-state index in [1.165, 1.54) is 58.0 Å². The molecule has 4 rings (SSSR count). The highest BCUT2D eigenvalue weighted by atomic mass is 16.5. The van der Waals surface area contributed by atoms with Gasteiger partial charge in [-0.05, 0) is 63.7 Å². The number of nitrogens with one attached hydrogen (secondary N) is 1. The zero-order chi connectivity index (χ0) is 17.6. The third-order valence-electron chi connectivity index (χ3n) is 5.53. The molecule has 0 atom stereocenters. The summed E-state index contributed by atoms with van der Waals surface area (Å²) in [5.41, 5.74) is 0. The van der Waals surface area contributed by atoms with Crippen LogP contribution in [0.5, 0.6) is 11.6 Å². The summed E-state index contributed by atoms with van der Waals surface area (Å²) >= 11 is 0. The zero-order valence-corrected chi connectivity index (χ0v) is 15.3. The first-order chi connectivity index (χ1) is 12.9. The normalized spacial score (nSPS) is 24.2. The van der Waals surface area contributed by atoms with Gasteiger partial charge in [0.2, 0.25) is 11.8 Å². The van der Waals surface area contributed by atoms with Crippen molar-refractivity contribution in [2.45, 2.75) is 57.0 Å². The topological polar surface area (TPSA) is 50.3 Å². The van der Waals surface area contributed by atoms with Crippen LogP contribution in [0.3, 0.4) is 0 Å². The Morgan fingerprint density at radius 1 is 0.923 bits per heavy atom. The standard InChI is InChI=1S/C21H28N4O/c1-3-7-19(8-4-1)26-20-13-14-22-21(24-20)23-17-9-11-18(12-10-17)25-15-5-2-6-16-25/h1,3-4,7-8,13-14,17-18H,2,5-6,9-12,15-16H2,(H,22,23,24). The van der Waals surface area contributed by atoms with Gasteiger partial charge >= 0.3 is 0 Å². The second-order valence-corrected chi connectivity index (χ2v) is 7.38. The average molecular weight is 352 g/mol. The molecule has 1 aliphatic heterocycles. The summed E-state index contributed by atoms with van der Waals surface area (Å²) in [6.45, 7) is 2.59. The van der Waals surface area contributed by atoms with E-state index in [0.717, 1.165) is 11.8 Å². The summed E-state index contributed by atoms with van der Waals surface area (Å²) in [4.78, 5) is 11.6. The molecule has 0 radical (unpaired) electrons. The molecule has 5 nitrogen and oxygen atoms in total. The summed E-state index contributed by atoms with van der Waals surface area (Å²) in [5.74, 6) is 2.04. The van der Waals surface area contributed by atoms with Gasteiger partial charge in [0.15, 0.2) is 0 Å². The molecule has 2 aliphatic rings.